The molecule has 2 atom stereocenters. The van der Waals surface area contributed by atoms with Crippen LogP contribution in [-0.4, -0.2) is 22.7 Å². The third-order valence-corrected chi connectivity index (χ3v) is 3.56. The molecule has 0 amide bonds. The van der Waals surface area contributed by atoms with Gasteiger partial charge in [-0.1, -0.05) is 36.8 Å². The Labute approximate surface area is 95.9 Å². The van der Waals surface area contributed by atoms with Crippen LogP contribution < -0.4 is 5.73 Å². The van der Waals surface area contributed by atoms with Gasteiger partial charge in [0.15, 0.2) is 0 Å². The van der Waals surface area contributed by atoms with Crippen molar-refractivity contribution in [3.05, 3.63) is 35.4 Å². The zero-order valence-electron chi connectivity index (χ0n) is 9.31. The summed E-state index contributed by atoms with van der Waals surface area (Å²) >= 11 is 1.71. The smallest absolute Gasteiger partial charge is 0.0547 e. The highest BCUT2D eigenvalue weighted by Crippen LogP contribution is 2.19. The fraction of sp³-hybridized carbons (Fsp3) is 0.500. The Morgan fingerprint density at radius 3 is 2.80 bits per heavy atom. The third-order valence-electron chi connectivity index (χ3n) is 2.29. The van der Waals surface area contributed by atoms with Crippen LogP contribution in [-0.2, 0) is 0 Å². The lowest BCUT2D eigenvalue weighted by atomic mass is 10.1. The van der Waals surface area contributed by atoms with Crippen LogP contribution in [0.25, 0.3) is 0 Å². The highest BCUT2D eigenvalue weighted by Gasteiger charge is 2.08. The van der Waals surface area contributed by atoms with Crippen molar-refractivity contribution in [1.29, 1.82) is 0 Å². The van der Waals surface area contributed by atoms with Gasteiger partial charge in [0.05, 0.1) is 6.61 Å². The van der Waals surface area contributed by atoms with Crippen molar-refractivity contribution in [2.45, 2.75) is 25.1 Å². The molecule has 84 valence electrons. The van der Waals surface area contributed by atoms with Gasteiger partial charge >= 0.3 is 0 Å². The molecule has 0 fully saturated rings. The molecule has 2 unspecified atom stereocenters. The summed E-state index contributed by atoms with van der Waals surface area (Å²) in [5.41, 5.74) is 8.48. The van der Waals surface area contributed by atoms with E-state index in [2.05, 4.69) is 25.1 Å². The molecule has 0 radical (unpaired) electrons. The quantitative estimate of drug-likeness (QED) is 0.807. The molecule has 3 N–H and O–H groups in total. The Bertz CT molecular complexity index is 303. The zero-order valence-corrected chi connectivity index (χ0v) is 10.1. The number of thioether (sulfide) groups is 1. The molecule has 0 bridgehead atoms. The number of aliphatic hydroxyl groups excluding tert-OH is 1. The molecule has 2 nitrogen and oxygen atoms in total. The molecular weight excluding hydrogens is 206 g/mol. The van der Waals surface area contributed by atoms with Crippen LogP contribution in [0.3, 0.4) is 0 Å². The maximum absolute atomic E-state index is 8.90. The topological polar surface area (TPSA) is 46.2 Å². The van der Waals surface area contributed by atoms with Crippen molar-refractivity contribution >= 4 is 11.8 Å². The number of rotatable bonds is 5. The van der Waals surface area contributed by atoms with E-state index in [1.54, 1.807) is 11.8 Å². The lowest BCUT2D eigenvalue weighted by molar-refractivity contribution is 0.300. The molecule has 0 heterocycles. The molecule has 0 aromatic heterocycles. The van der Waals surface area contributed by atoms with Crippen LogP contribution in [0, 0.1) is 6.92 Å². The maximum Gasteiger partial charge on any atom is 0.0547 e. The Kier molecular flexibility index (Phi) is 5.15. The fourth-order valence-electron chi connectivity index (χ4n) is 1.32. The van der Waals surface area contributed by atoms with Gasteiger partial charge < -0.3 is 10.8 Å². The molecule has 0 aliphatic carbocycles. The number of aliphatic hydroxyl groups is 1. The molecule has 15 heavy (non-hydrogen) atoms. The minimum Gasteiger partial charge on any atom is -0.395 e. The Morgan fingerprint density at radius 1 is 1.47 bits per heavy atom. The van der Waals surface area contributed by atoms with Gasteiger partial charge in [-0.3, -0.25) is 0 Å². The summed E-state index contributed by atoms with van der Waals surface area (Å²) in [6.07, 6.45) is 0. The molecule has 0 saturated carbocycles. The van der Waals surface area contributed by atoms with Crippen LogP contribution in [0.5, 0.6) is 0 Å². The van der Waals surface area contributed by atoms with Crippen LogP contribution in [0.1, 0.15) is 24.1 Å². The molecule has 0 saturated heterocycles. The highest BCUT2D eigenvalue weighted by molar-refractivity contribution is 7.99. The summed E-state index contributed by atoms with van der Waals surface area (Å²) in [4.78, 5) is 0. The van der Waals surface area contributed by atoms with Gasteiger partial charge in [0.2, 0.25) is 0 Å². The first-order chi connectivity index (χ1) is 7.13. The lowest BCUT2D eigenvalue weighted by Gasteiger charge is -2.14. The van der Waals surface area contributed by atoms with Gasteiger partial charge in [-0.2, -0.15) is 11.8 Å². The second-order valence-electron chi connectivity index (χ2n) is 3.85. The second kappa shape index (κ2) is 6.16. The predicted molar refractivity (Wildman–Crippen MR) is 67.1 cm³/mol. The summed E-state index contributed by atoms with van der Waals surface area (Å²) in [5, 5.41) is 9.17. The van der Waals surface area contributed by atoms with E-state index in [9.17, 15) is 0 Å². The number of hydrogen-bond donors (Lipinski definition) is 2. The van der Waals surface area contributed by atoms with E-state index in [0.29, 0.717) is 0 Å². The SMILES string of the molecule is Cc1cccc(C(N)CSC(C)CO)c1. The van der Waals surface area contributed by atoms with Crippen LogP contribution >= 0.6 is 11.8 Å². The Hall–Kier alpha value is -0.510. The summed E-state index contributed by atoms with van der Waals surface area (Å²) in [6.45, 7) is 4.29. The van der Waals surface area contributed by atoms with E-state index in [1.807, 2.05) is 13.0 Å². The summed E-state index contributed by atoms with van der Waals surface area (Å²) in [6, 6.07) is 8.34. The average Bonchev–Trinajstić information content (AvgIpc) is 2.25. The Morgan fingerprint density at radius 2 is 2.20 bits per heavy atom. The molecule has 1 rings (SSSR count). The largest absolute Gasteiger partial charge is 0.395 e. The van der Waals surface area contributed by atoms with Crippen molar-refractivity contribution in [3.63, 3.8) is 0 Å². The molecular formula is C12H19NOS. The van der Waals surface area contributed by atoms with E-state index in [-0.39, 0.29) is 17.9 Å². The zero-order chi connectivity index (χ0) is 11.3. The highest BCUT2D eigenvalue weighted by atomic mass is 32.2. The predicted octanol–water partition coefficient (Wildman–Crippen LogP) is 2.11. The first-order valence-electron chi connectivity index (χ1n) is 5.18. The summed E-state index contributed by atoms with van der Waals surface area (Å²) in [5.74, 6) is 0.852. The third kappa shape index (κ3) is 4.24. The van der Waals surface area contributed by atoms with Gasteiger partial charge in [-0.15, -0.1) is 0 Å². The molecule has 1 aromatic rings. The molecule has 3 heteroatoms. The minimum absolute atomic E-state index is 0.0592. The molecule has 1 aromatic carbocycles. The summed E-state index contributed by atoms with van der Waals surface area (Å²) < 4.78 is 0. The molecule has 0 aliphatic rings. The first kappa shape index (κ1) is 12.6. The molecule has 0 aliphatic heterocycles. The summed E-state index contributed by atoms with van der Waals surface area (Å²) in [7, 11) is 0. The van der Waals surface area contributed by atoms with Gasteiger partial charge in [0.1, 0.15) is 0 Å². The number of aryl methyl sites for hydroxylation is 1. The van der Waals surface area contributed by atoms with Crippen molar-refractivity contribution in [2.24, 2.45) is 5.73 Å². The van der Waals surface area contributed by atoms with Crippen molar-refractivity contribution < 1.29 is 5.11 Å². The van der Waals surface area contributed by atoms with Crippen molar-refractivity contribution in [3.8, 4) is 0 Å². The van der Waals surface area contributed by atoms with Crippen LogP contribution in [0.2, 0.25) is 0 Å². The minimum atomic E-state index is 0.0592. The van der Waals surface area contributed by atoms with Gasteiger partial charge in [-0.05, 0) is 12.5 Å². The number of nitrogens with two attached hydrogens (primary N) is 1. The molecule has 0 spiro atoms. The van der Waals surface area contributed by atoms with E-state index < -0.39 is 0 Å². The number of benzene rings is 1. The lowest BCUT2D eigenvalue weighted by Crippen LogP contribution is -2.15. The van der Waals surface area contributed by atoms with E-state index in [4.69, 9.17) is 10.8 Å². The van der Waals surface area contributed by atoms with E-state index >= 15 is 0 Å². The first-order valence-corrected chi connectivity index (χ1v) is 6.23. The van der Waals surface area contributed by atoms with Crippen LogP contribution in [0.4, 0.5) is 0 Å². The second-order valence-corrected chi connectivity index (χ2v) is 5.32. The van der Waals surface area contributed by atoms with Crippen molar-refractivity contribution in [2.75, 3.05) is 12.4 Å². The van der Waals surface area contributed by atoms with Gasteiger partial charge in [-0.25, -0.2) is 0 Å². The van der Waals surface area contributed by atoms with Gasteiger partial charge in [0.25, 0.3) is 0 Å². The standard InChI is InChI=1S/C12H19NOS/c1-9-4-3-5-11(6-9)12(13)8-15-10(2)7-14/h3-6,10,12,14H,7-8,13H2,1-2H3. The fourth-order valence-corrected chi connectivity index (χ4v) is 2.15. The normalized spacial score (nSPS) is 14.9. The monoisotopic (exact) mass is 225 g/mol. The van der Waals surface area contributed by atoms with Gasteiger partial charge in [0, 0.05) is 17.0 Å². The van der Waals surface area contributed by atoms with E-state index in [0.717, 1.165) is 5.75 Å². The number of hydrogen-bond acceptors (Lipinski definition) is 3. The maximum atomic E-state index is 8.90. The van der Waals surface area contributed by atoms with E-state index in [1.165, 1.54) is 11.1 Å². The Balaban J connectivity index is 2.50. The van der Waals surface area contributed by atoms with Crippen molar-refractivity contribution in [1.82, 2.24) is 0 Å². The average molecular weight is 225 g/mol. The van der Waals surface area contributed by atoms with Crippen LogP contribution in [0.15, 0.2) is 24.3 Å².